The molecule has 0 bridgehead atoms. The molecule has 0 aliphatic rings. The minimum absolute atomic E-state index is 0.217. The summed E-state index contributed by atoms with van der Waals surface area (Å²) in [5.74, 6) is -0.208. The highest BCUT2D eigenvalue weighted by molar-refractivity contribution is 9.10. The normalized spacial score (nSPS) is 10.3. The van der Waals surface area contributed by atoms with Crippen LogP contribution < -0.4 is 10.5 Å². The van der Waals surface area contributed by atoms with Crippen LogP contribution in [0.3, 0.4) is 0 Å². The molecule has 0 spiro atoms. The van der Waals surface area contributed by atoms with Crippen molar-refractivity contribution in [3.63, 3.8) is 0 Å². The molecule has 0 saturated carbocycles. The summed E-state index contributed by atoms with van der Waals surface area (Å²) >= 11 is 3.30. The predicted molar refractivity (Wildman–Crippen MR) is 74.9 cm³/mol. The molecule has 3 nitrogen and oxygen atoms in total. The van der Waals surface area contributed by atoms with E-state index in [1.165, 1.54) is 19.2 Å². The van der Waals surface area contributed by atoms with Crippen LogP contribution >= 0.6 is 15.9 Å². The number of hydrogen-bond acceptors (Lipinski definition) is 3. The van der Waals surface area contributed by atoms with Crippen molar-refractivity contribution in [1.29, 1.82) is 0 Å². The Morgan fingerprint density at radius 1 is 1.21 bits per heavy atom. The van der Waals surface area contributed by atoms with Gasteiger partial charge in [0.15, 0.2) is 5.78 Å². The highest BCUT2D eigenvalue weighted by Gasteiger charge is 2.13. The van der Waals surface area contributed by atoms with E-state index in [9.17, 15) is 9.18 Å². The van der Waals surface area contributed by atoms with Gasteiger partial charge in [0.25, 0.3) is 0 Å². The third kappa shape index (κ3) is 2.93. The molecular formula is C14H11BrFNO2. The molecule has 5 heteroatoms. The van der Waals surface area contributed by atoms with Gasteiger partial charge in [0, 0.05) is 16.8 Å². The minimum atomic E-state index is -0.532. The lowest BCUT2D eigenvalue weighted by molar-refractivity contribution is 0.103. The summed E-state index contributed by atoms with van der Waals surface area (Å²) in [4.78, 5) is 12.2. The van der Waals surface area contributed by atoms with E-state index in [0.717, 1.165) is 6.07 Å². The molecule has 2 aromatic carbocycles. The molecule has 2 aromatic rings. The number of nitrogens with two attached hydrogens (primary N) is 1. The third-order valence-electron chi connectivity index (χ3n) is 2.60. The molecule has 98 valence electrons. The lowest BCUT2D eigenvalue weighted by Gasteiger charge is -2.06. The predicted octanol–water partition coefficient (Wildman–Crippen LogP) is 3.41. The Morgan fingerprint density at radius 3 is 2.53 bits per heavy atom. The zero-order valence-corrected chi connectivity index (χ0v) is 11.7. The van der Waals surface area contributed by atoms with E-state index in [-0.39, 0.29) is 17.0 Å². The zero-order chi connectivity index (χ0) is 14.0. The molecule has 2 rings (SSSR count). The van der Waals surface area contributed by atoms with Crippen molar-refractivity contribution >= 4 is 27.4 Å². The Labute approximate surface area is 118 Å². The van der Waals surface area contributed by atoms with Gasteiger partial charge in [-0.25, -0.2) is 4.39 Å². The highest BCUT2D eigenvalue weighted by Crippen LogP contribution is 2.27. The number of ether oxygens (including phenoxy) is 1. The summed E-state index contributed by atoms with van der Waals surface area (Å²) in [5.41, 5.74) is 6.39. The smallest absolute Gasteiger partial charge is 0.193 e. The van der Waals surface area contributed by atoms with Crippen LogP contribution in [0.5, 0.6) is 5.75 Å². The Hall–Kier alpha value is -1.88. The van der Waals surface area contributed by atoms with E-state index in [0.29, 0.717) is 15.8 Å². The Bertz CT molecular complexity index is 623. The SMILES string of the molecule is COc1ccc(C(=O)c2cc(N)cc(F)c2)cc1Br. The van der Waals surface area contributed by atoms with Crippen LogP contribution in [-0.2, 0) is 0 Å². The first kappa shape index (κ1) is 13.5. The molecule has 19 heavy (non-hydrogen) atoms. The Morgan fingerprint density at radius 2 is 1.95 bits per heavy atom. The van der Waals surface area contributed by atoms with E-state index in [2.05, 4.69) is 15.9 Å². The Kier molecular flexibility index (Phi) is 3.85. The number of anilines is 1. The first-order valence-electron chi connectivity index (χ1n) is 5.45. The molecule has 0 atom stereocenters. The van der Waals surface area contributed by atoms with Gasteiger partial charge < -0.3 is 10.5 Å². The molecule has 0 saturated heterocycles. The summed E-state index contributed by atoms with van der Waals surface area (Å²) in [5, 5.41) is 0. The van der Waals surface area contributed by atoms with Gasteiger partial charge in [-0.05, 0) is 52.3 Å². The molecule has 0 radical (unpaired) electrons. The number of methoxy groups -OCH3 is 1. The first-order valence-corrected chi connectivity index (χ1v) is 6.25. The first-order chi connectivity index (χ1) is 9.01. The molecule has 0 aliphatic carbocycles. The van der Waals surface area contributed by atoms with Crippen molar-refractivity contribution in [2.75, 3.05) is 12.8 Å². The molecular weight excluding hydrogens is 313 g/mol. The quantitative estimate of drug-likeness (QED) is 0.695. The molecule has 0 unspecified atom stereocenters. The van der Waals surface area contributed by atoms with Crippen molar-refractivity contribution in [1.82, 2.24) is 0 Å². The summed E-state index contributed by atoms with van der Waals surface area (Å²) in [6.45, 7) is 0. The maximum atomic E-state index is 13.2. The molecule has 0 heterocycles. The number of carbonyl (C=O) groups is 1. The largest absolute Gasteiger partial charge is 0.496 e. The number of benzene rings is 2. The molecule has 0 amide bonds. The fraction of sp³-hybridized carbons (Fsp3) is 0.0714. The van der Waals surface area contributed by atoms with E-state index < -0.39 is 5.82 Å². The second-order valence-corrected chi connectivity index (χ2v) is 4.81. The number of hydrogen-bond donors (Lipinski definition) is 1. The molecule has 0 aromatic heterocycles. The maximum Gasteiger partial charge on any atom is 0.193 e. The topological polar surface area (TPSA) is 52.3 Å². The average Bonchev–Trinajstić information content (AvgIpc) is 2.36. The fourth-order valence-electron chi connectivity index (χ4n) is 1.72. The van der Waals surface area contributed by atoms with Crippen LogP contribution in [0.4, 0.5) is 10.1 Å². The van der Waals surface area contributed by atoms with Crippen molar-refractivity contribution in [3.05, 3.63) is 57.8 Å². The van der Waals surface area contributed by atoms with E-state index >= 15 is 0 Å². The monoisotopic (exact) mass is 323 g/mol. The lowest BCUT2D eigenvalue weighted by Crippen LogP contribution is -2.03. The van der Waals surface area contributed by atoms with Crippen LogP contribution in [0, 0.1) is 5.82 Å². The highest BCUT2D eigenvalue weighted by atomic mass is 79.9. The van der Waals surface area contributed by atoms with Gasteiger partial charge in [0.2, 0.25) is 0 Å². The number of carbonyl (C=O) groups excluding carboxylic acids is 1. The summed E-state index contributed by atoms with van der Waals surface area (Å²) in [7, 11) is 1.54. The third-order valence-corrected chi connectivity index (χ3v) is 3.22. The van der Waals surface area contributed by atoms with Crippen molar-refractivity contribution in [2.45, 2.75) is 0 Å². The lowest BCUT2D eigenvalue weighted by atomic mass is 10.0. The van der Waals surface area contributed by atoms with Crippen molar-refractivity contribution in [2.24, 2.45) is 0 Å². The molecule has 2 N–H and O–H groups in total. The summed E-state index contributed by atoms with van der Waals surface area (Å²) in [6, 6.07) is 8.69. The van der Waals surface area contributed by atoms with Gasteiger partial charge in [-0.1, -0.05) is 0 Å². The van der Waals surface area contributed by atoms with Gasteiger partial charge in [-0.15, -0.1) is 0 Å². The van der Waals surface area contributed by atoms with Crippen LogP contribution in [0.15, 0.2) is 40.9 Å². The average molecular weight is 324 g/mol. The number of nitrogen functional groups attached to an aromatic ring is 1. The van der Waals surface area contributed by atoms with Crippen molar-refractivity contribution < 1.29 is 13.9 Å². The van der Waals surface area contributed by atoms with E-state index in [1.54, 1.807) is 18.2 Å². The van der Waals surface area contributed by atoms with Crippen molar-refractivity contribution in [3.8, 4) is 5.75 Å². The number of ketones is 1. The van der Waals surface area contributed by atoms with Gasteiger partial charge in [0.05, 0.1) is 11.6 Å². The fourth-order valence-corrected chi connectivity index (χ4v) is 2.26. The summed E-state index contributed by atoms with van der Waals surface area (Å²) in [6.07, 6.45) is 0. The van der Waals surface area contributed by atoms with Crippen LogP contribution in [0.2, 0.25) is 0 Å². The Balaban J connectivity index is 2.41. The summed E-state index contributed by atoms with van der Waals surface area (Å²) < 4.78 is 19.0. The van der Waals surface area contributed by atoms with Gasteiger partial charge >= 0.3 is 0 Å². The van der Waals surface area contributed by atoms with Gasteiger partial charge in [-0.2, -0.15) is 0 Å². The zero-order valence-electron chi connectivity index (χ0n) is 10.1. The number of rotatable bonds is 3. The van der Waals surface area contributed by atoms with Crippen LogP contribution in [-0.4, -0.2) is 12.9 Å². The van der Waals surface area contributed by atoms with Crippen LogP contribution in [0.25, 0.3) is 0 Å². The van der Waals surface area contributed by atoms with Gasteiger partial charge in [-0.3, -0.25) is 4.79 Å². The molecule has 0 fully saturated rings. The minimum Gasteiger partial charge on any atom is -0.496 e. The maximum absolute atomic E-state index is 13.2. The van der Waals surface area contributed by atoms with E-state index in [4.69, 9.17) is 10.5 Å². The van der Waals surface area contributed by atoms with Crippen LogP contribution in [0.1, 0.15) is 15.9 Å². The second kappa shape index (κ2) is 5.40. The van der Waals surface area contributed by atoms with Gasteiger partial charge in [0.1, 0.15) is 11.6 Å². The second-order valence-electron chi connectivity index (χ2n) is 3.95. The number of halogens is 2. The molecule has 0 aliphatic heterocycles. The standard InChI is InChI=1S/C14H11BrFNO2/c1-19-13-3-2-8(6-12(13)15)14(18)9-4-10(16)7-11(17)5-9/h2-7H,17H2,1H3. The van der Waals surface area contributed by atoms with E-state index in [1.807, 2.05) is 0 Å².